The lowest BCUT2D eigenvalue weighted by atomic mass is 9.85. The van der Waals surface area contributed by atoms with Crippen molar-refractivity contribution in [1.29, 1.82) is 0 Å². The van der Waals surface area contributed by atoms with E-state index in [2.05, 4.69) is 10.0 Å². The number of aryl methyl sites for hydroxylation is 1. The van der Waals surface area contributed by atoms with Gasteiger partial charge in [-0.15, -0.1) is 0 Å². The zero-order valence-electron chi connectivity index (χ0n) is 14.0. The summed E-state index contributed by atoms with van der Waals surface area (Å²) in [4.78, 5) is 12.1. The molecule has 0 bridgehead atoms. The number of halogens is 1. The highest BCUT2D eigenvalue weighted by atomic mass is 32.2. The van der Waals surface area contributed by atoms with E-state index in [0.717, 1.165) is 5.56 Å². The van der Waals surface area contributed by atoms with Crippen LogP contribution in [0.25, 0.3) is 0 Å². The first kappa shape index (κ1) is 19.6. The standard InChI is InChI=1S/C16H25FN2O3S/c1-11(2)14(13-5-6-15(17)12(3)9-13)10-16(20)19-7-8-23(21,22)18-4/h5-6,9,11,14,18H,7-8,10H2,1-4H3,(H,19,20). The third-order valence-electron chi connectivity index (χ3n) is 3.82. The number of rotatable bonds is 8. The van der Waals surface area contributed by atoms with Crippen molar-refractivity contribution in [3.63, 3.8) is 0 Å². The van der Waals surface area contributed by atoms with Crippen LogP contribution in [0.15, 0.2) is 18.2 Å². The number of hydrogen-bond acceptors (Lipinski definition) is 3. The molecular weight excluding hydrogens is 319 g/mol. The van der Waals surface area contributed by atoms with Crippen molar-refractivity contribution >= 4 is 15.9 Å². The Labute approximate surface area is 137 Å². The van der Waals surface area contributed by atoms with E-state index in [4.69, 9.17) is 0 Å². The van der Waals surface area contributed by atoms with E-state index in [-0.39, 0.29) is 42.3 Å². The summed E-state index contributed by atoms with van der Waals surface area (Å²) >= 11 is 0. The van der Waals surface area contributed by atoms with Gasteiger partial charge in [0.25, 0.3) is 0 Å². The molecule has 1 unspecified atom stereocenters. The van der Waals surface area contributed by atoms with Crippen molar-refractivity contribution in [1.82, 2.24) is 10.0 Å². The Kier molecular flexibility index (Phi) is 7.15. The Morgan fingerprint density at radius 1 is 1.30 bits per heavy atom. The molecule has 1 atom stereocenters. The van der Waals surface area contributed by atoms with Crippen LogP contribution in [0.1, 0.15) is 37.3 Å². The number of carbonyl (C=O) groups excluding carboxylic acids is 1. The van der Waals surface area contributed by atoms with E-state index in [0.29, 0.717) is 5.56 Å². The van der Waals surface area contributed by atoms with Crippen LogP contribution in [0.4, 0.5) is 4.39 Å². The van der Waals surface area contributed by atoms with Gasteiger partial charge in [-0.1, -0.05) is 26.0 Å². The van der Waals surface area contributed by atoms with Gasteiger partial charge in [-0.2, -0.15) is 0 Å². The molecule has 0 aliphatic rings. The molecular formula is C16H25FN2O3S. The molecule has 0 heterocycles. The zero-order chi connectivity index (χ0) is 17.6. The van der Waals surface area contributed by atoms with Crippen LogP contribution < -0.4 is 10.0 Å². The summed E-state index contributed by atoms with van der Waals surface area (Å²) in [5.74, 6) is -0.478. The van der Waals surface area contributed by atoms with Crippen molar-refractivity contribution < 1.29 is 17.6 Å². The minimum Gasteiger partial charge on any atom is -0.355 e. The summed E-state index contributed by atoms with van der Waals surface area (Å²) in [7, 11) is -1.99. The lowest BCUT2D eigenvalue weighted by Crippen LogP contribution is -2.33. The Morgan fingerprint density at radius 3 is 2.48 bits per heavy atom. The first-order valence-electron chi connectivity index (χ1n) is 7.60. The van der Waals surface area contributed by atoms with Crippen LogP contribution in [0, 0.1) is 18.7 Å². The monoisotopic (exact) mass is 344 g/mol. The average molecular weight is 344 g/mol. The Balaban J connectivity index is 2.69. The summed E-state index contributed by atoms with van der Waals surface area (Å²) in [6.07, 6.45) is 0.238. The molecule has 1 rings (SSSR count). The summed E-state index contributed by atoms with van der Waals surface area (Å²) in [5.41, 5.74) is 1.46. The molecule has 0 spiro atoms. The first-order valence-corrected chi connectivity index (χ1v) is 9.25. The zero-order valence-corrected chi connectivity index (χ0v) is 14.8. The van der Waals surface area contributed by atoms with Crippen LogP contribution in [-0.2, 0) is 14.8 Å². The lowest BCUT2D eigenvalue weighted by Gasteiger charge is -2.21. The minimum absolute atomic E-state index is 0.0461. The number of carbonyl (C=O) groups is 1. The van der Waals surface area contributed by atoms with Gasteiger partial charge in [-0.05, 0) is 43.0 Å². The van der Waals surface area contributed by atoms with E-state index >= 15 is 0 Å². The second kappa shape index (κ2) is 8.40. The second-order valence-electron chi connectivity index (χ2n) is 5.94. The predicted molar refractivity (Wildman–Crippen MR) is 89.2 cm³/mol. The predicted octanol–water partition coefficient (Wildman–Crippen LogP) is 1.93. The fourth-order valence-electron chi connectivity index (χ4n) is 2.34. The van der Waals surface area contributed by atoms with E-state index in [1.807, 2.05) is 13.8 Å². The van der Waals surface area contributed by atoms with Crippen LogP contribution in [0.3, 0.4) is 0 Å². The van der Waals surface area contributed by atoms with Gasteiger partial charge in [0.15, 0.2) is 0 Å². The van der Waals surface area contributed by atoms with Gasteiger partial charge in [0.1, 0.15) is 5.82 Å². The van der Waals surface area contributed by atoms with E-state index < -0.39 is 10.0 Å². The van der Waals surface area contributed by atoms with Crippen molar-refractivity contribution in [3.05, 3.63) is 35.1 Å². The fraction of sp³-hybridized carbons (Fsp3) is 0.562. The van der Waals surface area contributed by atoms with Gasteiger partial charge < -0.3 is 5.32 Å². The summed E-state index contributed by atoms with van der Waals surface area (Å²) in [6, 6.07) is 4.88. The number of nitrogens with one attached hydrogen (secondary N) is 2. The molecule has 130 valence electrons. The molecule has 1 aromatic rings. The Bertz CT molecular complexity index is 645. The normalized spacial score (nSPS) is 13.1. The summed E-state index contributed by atoms with van der Waals surface area (Å²) in [5, 5.41) is 2.62. The number of hydrogen-bond donors (Lipinski definition) is 2. The number of amides is 1. The van der Waals surface area contributed by atoms with Crippen LogP contribution in [0.2, 0.25) is 0 Å². The maximum atomic E-state index is 13.4. The summed E-state index contributed by atoms with van der Waals surface area (Å²) < 4.78 is 38.2. The van der Waals surface area contributed by atoms with Crippen LogP contribution >= 0.6 is 0 Å². The number of benzene rings is 1. The first-order chi connectivity index (χ1) is 10.7. The summed E-state index contributed by atoms with van der Waals surface area (Å²) in [6.45, 7) is 5.76. The van der Waals surface area contributed by atoms with Crippen LogP contribution in [0.5, 0.6) is 0 Å². The van der Waals surface area contributed by atoms with E-state index in [1.165, 1.54) is 13.1 Å². The van der Waals surface area contributed by atoms with Crippen molar-refractivity contribution in [2.24, 2.45) is 5.92 Å². The highest BCUT2D eigenvalue weighted by molar-refractivity contribution is 7.89. The fourth-order valence-corrected chi connectivity index (χ4v) is 2.91. The molecule has 0 fully saturated rings. The van der Waals surface area contributed by atoms with Gasteiger partial charge in [0.05, 0.1) is 5.75 Å². The smallest absolute Gasteiger partial charge is 0.220 e. The molecule has 0 saturated carbocycles. The van der Waals surface area contributed by atoms with E-state index in [1.54, 1.807) is 19.1 Å². The maximum absolute atomic E-state index is 13.4. The molecule has 5 nitrogen and oxygen atoms in total. The molecule has 0 radical (unpaired) electrons. The second-order valence-corrected chi connectivity index (χ2v) is 7.98. The number of sulfonamides is 1. The SMILES string of the molecule is CNS(=O)(=O)CCNC(=O)CC(c1ccc(F)c(C)c1)C(C)C. The Morgan fingerprint density at radius 2 is 1.96 bits per heavy atom. The molecule has 0 saturated heterocycles. The quantitative estimate of drug-likeness (QED) is 0.757. The van der Waals surface area contributed by atoms with Gasteiger partial charge in [0.2, 0.25) is 15.9 Å². The molecule has 0 aromatic heterocycles. The lowest BCUT2D eigenvalue weighted by molar-refractivity contribution is -0.121. The van der Waals surface area contributed by atoms with Gasteiger partial charge in [-0.25, -0.2) is 17.5 Å². The molecule has 1 amide bonds. The topological polar surface area (TPSA) is 75.3 Å². The van der Waals surface area contributed by atoms with Gasteiger partial charge in [0, 0.05) is 13.0 Å². The molecule has 2 N–H and O–H groups in total. The molecule has 7 heteroatoms. The third-order valence-corrected chi connectivity index (χ3v) is 5.19. The molecule has 0 aliphatic heterocycles. The Hall–Kier alpha value is -1.47. The van der Waals surface area contributed by atoms with Gasteiger partial charge >= 0.3 is 0 Å². The third kappa shape index (κ3) is 6.27. The van der Waals surface area contributed by atoms with E-state index in [9.17, 15) is 17.6 Å². The van der Waals surface area contributed by atoms with Crippen molar-refractivity contribution in [2.45, 2.75) is 33.1 Å². The average Bonchev–Trinajstić information content (AvgIpc) is 2.47. The highest BCUT2D eigenvalue weighted by Gasteiger charge is 2.20. The molecule has 1 aromatic carbocycles. The largest absolute Gasteiger partial charge is 0.355 e. The van der Waals surface area contributed by atoms with Crippen molar-refractivity contribution in [3.8, 4) is 0 Å². The maximum Gasteiger partial charge on any atom is 0.220 e. The van der Waals surface area contributed by atoms with Gasteiger partial charge in [-0.3, -0.25) is 4.79 Å². The minimum atomic E-state index is -3.33. The highest BCUT2D eigenvalue weighted by Crippen LogP contribution is 2.29. The van der Waals surface area contributed by atoms with Crippen LogP contribution in [-0.4, -0.2) is 33.7 Å². The molecule has 23 heavy (non-hydrogen) atoms. The van der Waals surface area contributed by atoms with Crippen molar-refractivity contribution in [2.75, 3.05) is 19.3 Å². The molecule has 0 aliphatic carbocycles.